The molecule has 2 aromatic rings. The van der Waals surface area contributed by atoms with Crippen LogP contribution in [0.25, 0.3) is 0 Å². The Bertz CT molecular complexity index is 988. The molecule has 33 heavy (non-hydrogen) atoms. The Kier molecular flexibility index (Phi) is 7.39. The zero-order chi connectivity index (χ0) is 23.2. The van der Waals surface area contributed by atoms with E-state index in [0.717, 1.165) is 24.5 Å². The molecule has 2 aliphatic rings. The van der Waals surface area contributed by atoms with Gasteiger partial charge in [0.2, 0.25) is 5.95 Å². The molecule has 2 heterocycles. The summed E-state index contributed by atoms with van der Waals surface area (Å²) >= 11 is 0. The predicted octanol–water partition coefficient (Wildman–Crippen LogP) is 1.49. The van der Waals surface area contributed by atoms with Crippen molar-refractivity contribution in [1.29, 1.82) is 0 Å². The number of hydrogen-bond acceptors (Lipinski definition) is 7. The van der Waals surface area contributed by atoms with Crippen LogP contribution in [0.15, 0.2) is 30.3 Å². The molecule has 0 spiro atoms. The number of aromatic nitrogens is 2. The van der Waals surface area contributed by atoms with Crippen molar-refractivity contribution in [3.63, 3.8) is 0 Å². The highest BCUT2D eigenvalue weighted by Crippen LogP contribution is 2.27. The van der Waals surface area contributed by atoms with Crippen LogP contribution < -0.4 is 20.4 Å². The van der Waals surface area contributed by atoms with E-state index < -0.39 is 0 Å². The van der Waals surface area contributed by atoms with E-state index in [4.69, 9.17) is 9.72 Å². The summed E-state index contributed by atoms with van der Waals surface area (Å²) in [5.41, 5.74) is 1.99. The van der Waals surface area contributed by atoms with Gasteiger partial charge >= 0.3 is 0 Å². The average molecular weight is 453 g/mol. The highest BCUT2D eigenvalue weighted by atomic mass is 16.5. The number of rotatable bonds is 9. The maximum absolute atomic E-state index is 12.8. The van der Waals surface area contributed by atoms with Crippen LogP contribution in [0.3, 0.4) is 0 Å². The van der Waals surface area contributed by atoms with E-state index in [1.165, 1.54) is 12.8 Å². The van der Waals surface area contributed by atoms with Crippen molar-refractivity contribution in [2.45, 2.75) is 19.3 Å². The maximum Gasteiger partial charge on any atom is 0.270 e. The molecule has 176 valence electrons. The monoisotopic (exact) mass is 452 g/mol. The van der Waals surface area contributed by atoms with Gasteiger partial charge in [0.1, 0.15) is 11.5 Å². The fourth-order valence-electron chi connectivity index (χ4n) is 3.80. The second-order valence-corrected chi connectivity index (χ2v) is 8.57. The van der Waals surface area contributed by atoms with Crippen LogP contribution in [0.1, 0.15) is 39.3 Å². The normalized spacial score (nSPS) is 15.8. The van der Waals surface area contributed by atoms with Gasteiger partial charge in [-0.15, -0.1) is 0 Å². The third-order valence-electron chi connectivity index (χ3n) is 6.06. The molecule has 2 amide bonds. The van der Waals surface area contributed by atoms with Gasteiger partial charge in [-0.2, -0.15) is 4.98 Å². The lowest BCUT2D eigenvalue weighted by Crippen LogP contribution is -2.37. The van der Waals surface area contributed by atoms with Crippen LogP contribution in [0.2, 0.25) is 0 Å². The average Bonchev–Trinajstić information content (AvgIpc) is 3.70. The van der Waals surface area contributed by atoms with Crippen LogP contribution in [0, 0.1) is 5.92 Å². The van der Waals surface area contributed by atoms with Crippen molar-refractivity contribution < 1.29 is 14.3 Å². The molecule has 9 nitrogen and oxygen atoms in total. The van der Waals surface area contributed by atoms with Crippen LogP contribution in [0.5, 0.6) is 0 Å². The zero-order valence-electron chi connectivity index (χ0n) is 19.3. The SMILES string of the molecule is CNC(=O)c1ccccc1CCN(C)c1nc(C(=O)NCC2CC2)cc(N2CCOCC2)n1. The molecular formula is C24H32N6O3. The molecule has 4 rings (SSSR count). The Labute approximate surface area is 194 Å². The molecule has 1 aromatic heterocycles. The minimum atomic E-state index is -0.168. The van der Waals surface area contributed by atoms with E-state index in [2.05, 4.69) is 20.5 Å². The number of amides is 2. The lowest BCUT2D eigenvalue weighted by molar-refractivity contribution is 0.0943. The second kappa shape index (κ2) is 10.6. The van der Waals surface area contributed by atoms with Gasteiger partial charge in [-0.3, -0.25) is 9.59 Å². The van der Waals surface area contributed by atoms with Crippen LogP contribution in [-0.4, -0.2) is 75.3 Å². The third kappa shape index (κ3) is 5.98. The van der Waals surface area contributed by atoms with Crippen LogP contribution in [0.4, 0.5) is 11.8 Å². The smallest absolute Gasteiger partial charge is 0.270 e. The first-order chi connectivity index (χ1) is 16.0. The number of carbonyl (C=O) groups is 2. The third-order valence-corrected chi connectivity index (χ3v) is 6.06. The van der Waals surface area contributed by atoms with Gasteiger partial charge in [-0.25, -0.2) is 4.98 Å². The van der Waals surface area contributed by atoms with Gasteiger partial charge in [0.05, 0.1) is 13.2 Å². The summed E-state index contributed by atoms with van der Waals surface area (Å²) in [6.45, 7) is 4.01. The predicted molar refractivity (Wildman–Crippen MR) is 127 cm³/mol. The fourth-order valence-corrected chi connectivity index (χ4v) is 3.80. The molecule has 1 aromatic carbocycles. The standard InChI is InChI=1S/C24H32N6O3/c1-25-22(31)19-6-4-3-5-18(19)9-10-29(2)24-27-20(23(32)26-16-17-7-8-17)15-21(28-24)30-11-13-33-14-12-30/h3-6,15,17H,7-14,16H2,1-2H3,(H,25,31)(H,26,32). The first kappa shape index (κ1) is 23.0. The Morgan fingerprint density at radius 3 is 2.64 bits per heavy atom. The number of anilines is 2. The molecule has 9 heteroatoms. The molecular weight excluding hydrogens is 420 g/mol. The topological polar surface area (TPSA) is 99.7 Å². The number of morpholine rings is 1. The molecule has 0 atom stereocenters. The Morgan fingerprint density at radius 1 is 1.15 bits per heavy atom. The van der Waals surface area contributed by atoms with E-state index >= 15 is 0 Å². The molecule has 0 radical (unpaired) electrons. The molecule has 1 saturated carbocycles. The number of nitrogens with zero attached hydrogens (tertiary/aromatic N) is 4. The van der Waals surface area contributed by atoms with Crippen molar-refractivity contribution in [1.82, 2.24) is 20.6 Å². The van der Waals surface area contributed by atoms with Crippen LogP contribution >= 0.6 is 0 Å². The Balaban J connectivity index is 1.52. The van der Waals surface area contributed by atoms with Gasteiger partial charge in [0.15, 0.2) is 0 Å². The highest BCUT2D eigenvalue weighted by Gasteiger charge is 2.24. The molecule has 1 saturated heterocycles. The van der Waals surface area contributed by atoms with Crippen molar-refractivity contribution >= 4 is 23.6 Å². The number of benzene rings is 1. The van der Waals surface area contributed by atoms with Gasteiger partial charge in [-0.1, -0.05) is 18.2 Å². The van der Waals surface area contributed by atoms with Gasteiger partial charge in [-0.05, 0) is 36.8 Å². The lowest BCUT2D eigenvalue weighted by Gasteiger charge is -2.29. The highest BCUT2D eigenvalue weighted by molar-refractivity contribution is 5.95. The molecule has 1 aliphatic heterocycles. The summed E-state index contributed by atoms with van der Waals surface area (Å²) in [5, 5.41) is 5.70. The van der Waals surface area contributed by atoms with E-state index in [0.29, 0.717) is 55.8 Å². The van der Waals surface area contributed by atoms with Gasteiger partial charge in [0, 0.05) is 51.9 Å². The molecule has 1 aliphatic carbocycles. The van der Waals surface area contributed by atoms with Crippen molar-refractivity contribution in [3.8, 4) is 0 Å². The summed E-state index contributed by atoms with van der Waals surface area (Å²) < 4.78 is 5.47. The summed E-state index contributed by atoms with van der Waals surface area (Å²) in [5.74, 6) is 1.55. The number of ether oxygens (including phenoxy) is 1. The first-order valence-corrected chi connectivity index (χ1v) is 11.6. The van der Waals surface area contributed by atoms with E-state index in [1.807, 2.05) is 36.2 Å². The van der Waals surface area contributed by atoms with Crippen molar-refractivity contribution in [3.05, 3.63) is 47.2 Å². The molecule has 0 bridgehead atoms. The van der Waals surface area contributed by atoms with Gasteiger partial charge < -0.3 is 25.2 Å². The Morgan fingerprint density at radius 2 is 1.91 bits per heavy atom. The van der Waals surface area contributed by atoms with Gasteiger partial charge in [0.25, 0.3) is 11.8 Å². The largest absolute Gasteiger partial charge is 0.378 e. The summed E-state index contributed by atoms with van der Waals surface area (Å²) in [4.78, 5) is 38.4. The van der Waals surface area contributed by atoms with E-state index in [9.17, 15) is 9.59 Å². The minimum Gasteiger partial charge on any atom is -0.378 e. The first-order valence-electron chi connectivity index (χ1n) is 11.6. The zero-order valence-corrected chi connectivity index (χ0v) is 19.3. The number of hydrogen-bond donors (Lipinski definition) is 2. The molecule has 0 unspecified atom stereocenters. The Hall–Kier alpha value is -3.20. The summed E-state index contributed by atoms with van der Waals surface area (Å²) in [6.07, 6.45) is 3.00. The molecule has 2 fully saturated rings. The van der Waals surface area contributed by atoms with Crippen molar-refractivity contribution in [2.24, 2.45) is 5.92 Å². The second-order valence-electron chi connectivity index (χ2n) is 8.57. The summed E-state index contributed by atoms with van der Waals surface area (Å²) in [7, 11) is 3.54. The van der Waals surface area contributed by atoms with E-state index in [-0.39, 0.29) is 11.8 Å². The van der Waals surface area contributed by atoms with Crippen LogP contribution in [-0.2, 0) is 11.2 Å². The van der Waals surface area contributed by atoms with Crippen molar-refractivity contribution in [2.75, 3.05) is 63.3 Å². The minimum absolute atomic E-state index is 0.103. The quantitative estimate of drug-likeness (QED) is 0.595. The van der Waals surface area contributed by atoms with E-state index in [1.54, 1.807) is 13.1 Å². The number of nitrogens with one attached hydrogen (secondary N) is 2. The summed E-state index contributed by atoms with van der Waals surface area (Å²) in [6, 6.07) is 9.34. The maximum atomic E-state index is 12.8. The number of carbonyl (C=O) groups excluding carboxylic acids is 2. The molecule has 2 N–H and O–H groups in total. The fraction of sp³-hybridized carbons (Fsp3) is 0.500. The lowest BCUT2D eigenvalue weighted by atomic mass is 10.0. The number of likely N-dealkylation sites (N-methyl/N-ethyl adjacent to an activating group) is 1.